The standard InChI is InChI=1S/C20H23N7O3/c1-27-10-13-18-15(27)4-5-16(24-18)23-17-9-14(25-26-17)11-2-3-12(8-11)30-20(29)22-7-6-21-19(13)28/h4-5,9-12H,2-3,6-8H2,1H3,(H,21,28)(H,22,29)(H2,23,24,25,26)/t11-,12+/m0/s1. The molecule has 5 rings (SSSR count). The van der Waals surface area contributed by atoms with E-state index < -0.39 is 6.09 Å². The van der Waals surface area contributed by atoms with Crippen LogP contribution in [0.1, 0.15) is 41.2 Å². The summed E-state index contributed by atoms with van der Waals surface area (Å²) in [4.78, 5) is 29.4. The van der Waals surface area contributed by atoms with Gasteiger partial charge in [0.05, 0.1) is 11.1 Å². The van der Waals surface area contributed by atoms with Crippen molar-refractivity contribution in [3.8, 4) is 0 Å². The number of amides is 2. The molecule has 1 fully saturated rings. The number of aromatic amines is 1. The quantitative estimate of drug-likeness (QED) is 0.451. The molecule has 10 heteroatoms. The minimum Gasteiger partial charge on any atom is -0.446 e. The molecule has 0 spiro atoms. The van der Waals surface area contributed by atoms with Crippen molar-refractivity contribution in [3.63, 3.8) is 0 Å². The maximum atomic E-state index is 12.7. The van der Waals surface area contributed by atoms with Gasteiger partial charge in [-0.15, -0.1) is 0 Å². The van der Waals surface area contributed by atoms with Crippen LogP contribution < -0.4 is 16.0 Å². The van der Waals surface area contributed by atoms with Crippen LogP contribution in [-0.4, -0.2) is 50.9 Å². The summed E-state index contributed by atoms with van der Waals surface area (Å²) in [5, 5.41) is 16.2. The van der Waals surface area contributed by atoms with Gasteiger partial charge in [-0.1, -0.05) is 0 Å². The number of H-pyrrole nitrogens is 1. The molecule has 3 aromatic heterocycles. The second-order valence-electron chi connectivity index (χ2n) is 7.77. The van der Waals surface area contributed by atoms with Gasteiger partial charge in [-0.2, -0.15) is 5.10 Å². The summed E-state index contributed by atoms with van der Waals surface area (Å²) in [6.45, 7) is 0.582. The number of fused-ring (bicyclic) bond motifs is 6. The fraction of sp³-hybridized carbons (Fsp3) is 0.400. The average Bonchev–Trinajstić information content (AvgIpc) is 3.44. The van der Waals surface area contributed by atoms with Crippen molar-refractivity contribution in [2.24, 2.45) is 7.05 Å². The van der Waals surface area contributed by atoms with E-state index in [1.807, 2.05) is 29.8 Å². The first-order chi connectivity index (χ1) is 14.6. The van der Waals surface area contributed by atoms with Gasteiger partial charge in [0.1, 0.15) is 17.4 Å². The van der Waals surface area contributed by atoms with Crippen molar-refractivity contribution in [3.05, 3.63) is 35.7 Å². The third-order valence-electron chi connectivity index (χ3n) is 5.71. The van der Waals surface area contributed by atoms with Crippen molar-refractivity contribution in [2.75, 3.05) is 18.4 Å². The van der Waals surface area contributed by atoms with Crippen LogP contribution in [0.15, 0.2) is 24.4 Å². The Morgan fingerprint density at radius 3 is 2.90 bits per heavy atom. The van der Waals surface area contributed by atoms with Gasteiger partial charge in [0, 0.05) is 44.0 Å². The zero-order valence-corrected chi connectivity index (χ0v) is 16.6. The van der Waals surface area contributed by atoms with Crippen molar-refractivity contribution < 1.29 is 14.3 Å². The lowest BCUT2D eigenvalue weighted by Crippen LogP contribution is -2.36. The molecule has 0 radical (unpaired) electrons. The molecule has 6 bridgehead atoms. The molecule has 4 N–H and O–H groups in total. The monoisotopic (exact) mass is 409 g/mol. The molecule has 0 aromatic carbocycles. The lowest BCUT2D eigenvalue weighted by molar-refractivity contribution is 0.0938. The number of aromatic nitrogens is 4. The van der Waals surface area contributed by atoms with Crippen LogP contribution >= 0.6 is 0 Å². The second kappa shape index (κ2) is 7.36. The Labute approximate surface area is 172 Å². The first kappa shape index (κ1) is 18.5. The third-order valence-corrected chi connectivity index (χ3v) is 5.71. The van der Waals surface area contributed by atoms with Crippen molar-refractivity contribution in [1.29, 1.82) is 0 Å². The van der Waals surface area contributed by atoms with Gasteiger partial charge < -0.3 is 25.3 Å². The molecule has 2 amide bonds. The van der Waals surface area contributed by atoms with E-state index >= 15 is 0 Å². The summed E-state index contributed by atoms with van der Waals surface area (Å²) in [6, 6.07) is 5.75. The highest BCUT2D eigenvalue weighted by Crippen LogP contribution is 2.36. The predicted octanol–water partition coefficient (Wildman–Crippen LogP) is 2.15. The molecule has 1 aliphatic heterocycles. The van der Waals surface area contributed by atoms with Crippen LogP contribution in [0.2, 0.25) is 0 Å². The van der Waals surface area contributed by atoms with E-state index in [0.717, 1.165) is 30.5 Å². The van der Waals surface area contributed by atoms with E-state index in [4.69, 9.17) is 4.74 Å². The average molecular weight is 409 g/mol. The molecule has 3 aromatic rings. The highest BCUT2D eigenvalue weighted by atomic mass is 16.6. The largest absolute Gasteiger partial charge is 0.446 e. The van der Waals surface area contributed by atoms with Gasteiger partial charge in [0.2, 0.25) is 0 Å². The normalized spacial score (nSPS) is 22.0. The van der Waals surface area contributed by atoms with E-state index in [-0.39, 0.29) is 24.5 Å². The fourth-order valence-corrected chi connectivity index (χ4v) is 4.19. The summed E-state index contributed by atoms with van der Waals surface area (Å²) in [5.74, 6) is 1.28. The number of pyridine rings is 1. The summed E-state index contributed by atoms with van der Waals surface area (Å²) in [6.07, 6.45) is 3.65. The van der Waals surface area contributed by atoms with Gasteiger partial charge in [0.15, 0.2) is 5.82 Å². The Kier molecular flexibility index (Phi) is 4.53. The zero-order valence-electron chi connectivity index (χ0n) is 16.6. The fourth-order valence-electron chi connectivity index (χ4n) is 4.19. The van der Waals surface area contributed by atoms with E-state index in [1.54, 1.807) is 6.20 Å². The molecule has 0 saturated heterocycles. The maximum absolute atomic E-state index is 12.7. The third kappa shape index (κ3) is 3.44. The Balaban J connectivity index is 1.49. The Morgan fingerprint density at radius 1 is 1.13 bits per heavy atom. The number of nitrogens with zero attached hydrogens (tertiary/aromatic N) is 3. The number of carbonyl (C=O) groups is 2. The van der Waals surface area contributed by atoms with Crippen LogP contribution in [-0.2, 0) is 11.8 Å². The smallest absolute Gasteiger partial charge is 0.407 e. The van der Waals surface area contributed by atoms with Gasteiger partial charge in [-0.3, -0.25) is 9.89 Å². The minimum absolute atomic E-state index is 0.126. The molecular formula is C20H23N7O3. The number of carbonyl (C=O) groups excluding carboxylic acids is 2. The summed E-state index contributed by atoms with van der Waals surface area (Å²) < 4.78 is 7.38. The van der Waals surface area contributed by atoms with Crippen LogP contribution in [0.4, 0.5) is 16.4 Å². The number of rotatable bonds is 0. The summed E-state index contributed by atoms with van der Waals surface area (Å²) in [5.41, 5.74) is 2.93. The van der Waals surface area contributed by atoms with Crippen molar-refractivity contribution in [2.45, 2.75) is 31.3 Å². The number of nitrogens with one attached hydrogen (secondary N) is 4. The number of aryl methyl sites for hydroxylation is 1. The molecule has 4 heterocycles. The van der Waals surface area contributed by atoms with Crippen molar-refractivity contribution in [1.82, 2.24) is 30.4 Å². The first-order valence-corrected chi connectivity index (χ1v) is 10.1. The molecule has 10 nitrogen and oxygen atoms in total. The Bertz CT molecular complexity index is 1120. The van der Waals surface area contributed by atoms with Crippen LogP contribution in [0.3, 0.4) is 0 Å². The van der Waals surface area contributed by atoms with Gasteiger partial charge in [0.25, 0.3) is 5.91 Å². The van der Waals surface area contributed by atoms with E-state index in [2.05, 4.69) is 31.1 Å². The minimum atomic E-state index is -0.459. The van der Waals surface area contributed by atoms with E-state index in [9.17, 15) is 9.59 Å². The molecular weight excluding hydrogens is 386 g/mol. The molecule has 2 aliphatic rings. The van der Waals surface area contributed by atoms with Gasteiger partial charge in [-0.05, 0) is 31.4 Å². The molecule has 156 valence electrons. The number of ether oxygens (including phenoxy) is 1. The number of alkyl carbamates (subject to hydrolysis) is 1. The topological polar surface area (TPSA) is 126 Å². The summed E-state index contributed by atoms with van der Waals surface area (Å²) >= 11 is 0. The highest BCUT2D eigenvalue weighted by molar-refractivity contribution is 6.05. The SMILES string of the molecule is Cn1cc2c3nc(ccc31)Nc1cc([nH]n1)[C@H]1CC[C@H](C1)OC(=O)NCCNC2=O. The van der Waals surface area contributed by atoms with Crippen LogP contribution in [0, 0.1) is 0 Å². The second-order valence-corrected chi connectivity index (χ2v) is 7.77. The first-order valence-electron chi connectivity index (χ1n) is 10.1. The lowest BCUT2D eigenvalue weighted by Gasteiger charge is -2.13. The van der Waals surface area contributed by atoms with Crippen LogP contribution in [0.25, 0.3) is 11.0 Å². The lowest BCUT2D eigenvalue weighted by atomic mass is 10.0. The van der Waals surface area contributed by atoms with E-state index in [0.29, 0.717) is 29.3 Å². The Hall–Kier alpha value is -3.56. The molecule has 2 atom stereocenters. The molecule has 0 unspecified atom stereocenters. The maximum Gasteiger partial charge on any atom is 0.407 e. The number of anilines is 2. The van der Waals surface area contributed by atoms with Crippen molar-refractivity contribution >= 4 is 34.7 Å². The highest BCUT2D eigenvalue weighted by Gasteiger charge is 2.30. The van der Waals surface area contributed by atoms with E-state index in [1.165, 1.54) is 0 Å². The Morgan fingerprint density at radius 2 is 2.00 bits per heavy atom. The number of hydrogen-bond acceptors (Lipinski definition) is 6. The van der Waals surface area contributed by atoms with Gasteiger partial charge in [-0.25, -0.2) is 9.78 Å². The number of hydrogen-bond donors (Lipinski definition) is 4. The zero-order chi connectivity index (χ0) is 20.7. The predicted molar refractivity (Wildman–Crippen MR) is 110 cm³/mol. The van der Waals surface area contributed by atoms with Crippen LogP contribution in [0.5, 0.6) is 0 Å². The molecule has 1 aliphatic carbocycles. The van der Waals surface area contributed by atoms with Gasteiger partial charge >= 0.3 is 6.09 Å². The molecule has 1 saturated carbocycles. The summed E-state index contributed by atoms with van der Waals surface area (Å²) in [7, 11) is 1.87. The molecule has 30 heavy (non-hydrogen) atoms.